The highest BCUT2D eigenvalue weighted by atomic mass is 32.2. The van der Waals surface area contributed by atoms with E-state index in [0.29, 0.717) is 25.9 Å². The number of carbonyl (C=O) groups is 1. The smallest absolute Gasteiger partial charge is 0.307 e. The number of hydrogen-bond donors (Lipinski definition) is 2. The molecule has 0 bridgehead atoms. The first-order valence-corrected chi connectivity index (χ1v) is 9.02. The Labute approximate surface area is 126 Å². The molecule has 122 valence electrons. The van der Waals surface area contributed by atoms with Crippen LogP contribution in [0, 0.1) is 5.92 Å². The standard InChI is InChI=1S/C13H25N3O4S/c1-15-7-3-2-6-12(15)9-14-21(19,20)16-8-4-5-11(10-16)13(17)18/h11-12,14H,2-10H2,1H3,(H,17,18). The number of aliphatic carboxylic acids is 1. The minimum Gasteiger partial charge on any atom is -0.481 e. The second-order valence-electron chi connectivity index (χ2n) is 6.02. The first-order valence-electron chi connectivity index (χ1n) is 7.58. The molecule has 2 rings (SSSR count). The molecule has 0 aromatic carbocycles. The number of nitrogens with one attached hydrogen (secondary N) is 1. The van der Waals surface area contributed by atoms with Crippen molar-refractivity contribution in [3.63, 3.8) is 0 Å². The van der Waals surface area contributed by atoms with Crippen LogP contribution in [-0.4, -0.2) is 68.0 Å². The Kier molecular flexibility index (Phi) is 5.59. The van der Waals surface area contributed by atoms with Crippen molar-refractivity contribution in [2.24, 2.45) is 5.92 Å². The molecule has 0 spiro atoms. The number of likely N-dealkylation sites (tertiary alicyclic amines) is 1. The average Bonchev–Trinajstić information content (AvgIpc) is 2.46. The van der Waals surface area contributed by atoms with Gasteiger partial charge in [-0.3, -0.25) is 4.79 Å². The van der Waals surface area contributed by atoms with Gasteiger partial charge in [0, 0.05) is 25.7 Å². The maximum Gasteiger partial charge on any atom is 0.307 e. The van der Waals surface area contributed by atoms with Crippen molar-refractivity contribution in [2.45, 2.75) is 38.1 Å². The van der Waals surface area contributed by atoms with Gasteiger partial charge in [-0.1, -0.05) is 6.42 Å². The van der Waals surface area contributed by atoms with Crippen LogP contribution in [0.2, 0.25) is 0 Å². The maximum atomic E-state index is 12.3. The fourth-order valence-electron chi connectivity index (χ4n) is 3.06. The van der Waals surface area contributed by atoms with Gasteiger partial charge < -0.3 is 10.0 Å². The van der Waals surface area contributed by atoms with E-state index in [1.165, 1.54) is 4.31 Å². The molecule has 2 aliphatic heterocycles. The van der Waals surface area contributed by atoms with Crippen molar-refractivity contribution >= 4 is 16.2 Å². The van der Waals surface area contributed by atoms with Crippen molar-refractivity contribution in [2.75, 3.05) is 33.2 Å². The van der Waals surface area contributed by atoms with Gasteiger partial charge in [0.25, 0.3) is 10.2 Å². The quantitative estimate of drug-likeness (QED) is 0.750. The van der Waals surface area contributed by atoms with E-state index in [0.717, 1.165) is 25.8 Å². The molecule has 2 aliphatic rings. The third-order valence-electron chi connectivity index (χ3n) is 4.50. The highest BCUT2D eigenvalue weighted by Crippen LogP contribution is 2.19. The van der Waals surface area contributed by atoms with Gasteiger partial charge in [0.2, 0.25) is 0 Å². The number of carboxylic acids is 1. The van der Waals surface area contributed by atoms with Crippen molar-refractivity contribution in [3.8, 4) is 0 Å². The number of rotatable bonds is 5. The molecule has 2 heterocycles. The second-order valence-corrected chi connectivity index (χ2v) is 7.77. The lowest BCUT2D eigenvalue weighted by Gasteiger charge is -2.34. The Morgan fingerprint density at radius 1 is 1.24 bits per heavy atom. The Hall–Kier alpha value is -0.700. The molecule has 2 fully saturated rings. The zero-order valence-electron chi connectivity index (χ0n) is 12.5. The molecule has 2 unspecified atom stereocenters. The van der Waals surface area contributed by atoms with E-state index in [2.05, 4.69) is 9.62 Å². The van der Waals surface area contributed by atoms with E-state index in [1.807, 2.05) is 7.05 Å². The molecule has 8 heteroatoms. The number of piperidine rings is 2. The molecule has 2 atom stereocenters. The fraction of sp³-hybridized carbons (Fsp3) is 0.923. The van der Waals surface area contributed by atoms with Gasteiger partial charge in [-0.2, -0.15) is 12.7 Å². The van der Waals surface area contributed by atoms with Crippen LogP contribution in [0.15, 0.2) is 0 Å². The summed E-state index contributed by atoms with van der Waals surface area (Å²) in [7, 11) is -1.57. The SMILES string of the molecule is CN1CCCCC1CNS(=O)(=O)N1CCCC(C(=O)O)C1. The molecular weight excluding hydrogens is 294 g/mol. The monoisotopic (exact) mass is 319 g/mol. The van der Waals surface area contributed by atoms with Crippen molar-refractivity contribution in [1.29, 1.82) is 0 Å². The van der Waals surface area contributed by atoms with Gasteiger partial charge in [0.15, 0.2) is 0 Å². The van der Waals surface area contributed by atoms with E-state index in [9.17, 15) is 13.2 Å². The lowest BCUT2D eigenvalue weighted by molar-refractivity contribution is -0.142. The summed E-state index contributed by atoms with van der Waals surface area (Å²) in [6.07, 6.45) is 4.43. The van der Waals surface area contributed by atoms with Crippen molar-refractivity contribution in [3.05, 3.63) is 0 Å². The minimum atomic E-state index is -3.58. The third kappa shape index (κ3) is 4.38. The molecule has 0 saturated carbocycles. The second kappa shape index (κ2) is 7.04. The van der Waals surface area contributed by atoms with Crippen LogP contribution in [0.5, 0.6) is 0 Å². The van der Waals surface area contributed by atoms with Crippen LogP contribution in [0.25, 0.3) is 0 Å². The molecule has 21 heavy (non-hydrogen) atoms. The first-order chi connectivity index (χ1) is 9.90. The summed E-state index contributed by atoms with van der Waals surface area (Å²) in [4.78, 5) is 13.2. The first kappa shape index (κ1) is 16.7. The maximum absolute atomic E-state index is 12.3. The van der Waals surface area contributed by atoms with Crippen LogP contribution in [0.3, 0.4) is 0 Å². The summed E-state index contributed by atoms with van der Waals surface area (Å²) in [5.74, 6) is -1.51. The van der Waals surface area contributed by atoms with Crippen LogP contribution < -0.4 is 4.72 Å². The summed E-state index contributed by atoms with van der Waals surface area (Å²) >= 11 is 0. The summed E-state index contributed by atoms with van der Waals surface area (Å²) in [6, 6.07) is 0.230. The third-order valence-corrected chi connectivity index (χ3v) is 6.04. The Morgan fingerprint density at radius 3 is 2.67 bits per heavy atom. The molecule has 0 aliphatic carbocycles. The van der Waals surface area contributed by atoms with Gasteiger partial charge in [-0.05, 0) is 39.3 Å². The summed E-state index contributed by atoms with van der Waals surface area (Å²) < 4.78 is 28.5. The fourth-order valence-corrected chi connectivity index (χ4v) is 4.39. The van der Waals surface area contributed by atoms with E-state index < -0.39 is 22.1 Å². The summed E-state index contributed by atoms with van der Waals surface area (Å²) in [5, 5.41) is 9.04. The Morgan fingerprint density at radius 2 is 2.00 bits per heavy atom. The zero-order valence-corrected chi connectivity index (χ0v) is 13.3. The van der Waals surface area contributed by atoms with Gasteiger partial charge in [-0.25, -0.2) is 4.72 Å². The van der Waals surface area contributed by atoms with Gasteiger partial charge in [-0.15, -0.1) is 0 Å². The average molecular weight is 319 g/mol. The van der Waals surface area contributed by atoms with Crippen molar-refractivity contribution < 1.29 is 18.3 Å². The van der Waals surface area contributed by atoms with E-state index in [1.54, 1.807) is 0 Å². The highest BCUT2D eigenvalue weighted by Gasteiger charge is 2.32. The number of carboxylic acid groups (broad SMARTS) is 1. The zero-order chi connectivity index (χ0) is 15.5. The Bertz CT molecular complexity index is 468. The van der Waals surface area contributed by atoms with Crippen LogP contribution in [-0.2, 0) is 15.0 Å². The molecule has 7 nitrogen and oxygen atoms in total. The molecule has 2 saturated heterocycles. The van der Waals surface area contributed by atoms with Crippen molar-refractivity contribution in [1.82, 2.24) is 13.9 Å². The normalized spacial score (nSPS) is 29.4. The van der Waals surface area contributed by atoms with Gasteiger partial charge in [0.05, 0.1) is 5.92 Å². The molecule has 2 N–H and O–H groups in total. The van der Waals surface area contributed by atoms with Gasteiger partial charge in [0.1, 0.15) is 0 Å². The van der Waals surface area contributed by atoms with Gasteiger partial charge >= 0.3 is 5.97 Å². The van der Waals surface area contributed by atoms with Crippen LogP contribution in [0.4, 0.5) is 0 Å². The molecule has 0 aromatic rings. The van der Waals surface area contributed by atoms with E-state index >= 15 is 0 Å². The predicted molar refractivity (Wildman–Crippen MR) is 79.1 cm³/mol. The lowest BCUT2D eigenvalue weighted by Crippen LogP contribution is -2.51. The molecular formula is C13H25N3O4S. The molecule has 0 aromatic heterocycles. The number of likely N-dealkylation sites (N-methyl/N-ethyl adjacent to an activating group) is 1. The Balaban J connectivity index is 1.90. The van der Waals surface area contributed by atoms with Crippen LogP contribution >= 0.6 is 0 Å². The summed E-state index contributed by atoms with van der Waals surface area (Å²) in [5.41, 5.74) is 0. The summed E-state index contributed by atoms with van der Waals surface area (Å²) in [6.45, 7) is 1.87. The molecule has 0 amide bonds. The number of hydrogen-bond acceptors (Lipinski definition) is 4. The topological polar surface area (TPSA) is 90.0 Å². The highest BCUT2D eigenvalue weighted by molar-refractivity contribution is 7.87. The minimum absolute atomic E-state index is 0.0746. The van der Waals surface area contributed by atoms with Crippen LogP contribution in [0.1, 0.15) is 32.1 Å². The molecule has 0 radical (unpaired) electrons. The largest absolute Gasteiger partial charge is 0.481 e. The lowest BCUT2D eigenvalue weighted by atomic mass is 10.0. The van der Waals surface area contributed by atoms with E-state index in [-0.39, 0.29) is 12.6 Å². The number of nitrogens with zero attached hydrogens (tertiary/aromatic N) is 2. The predicted octanol–water partition coefficient (Wildman–Crippen LogP) is 0.102. The van der Waals surface area contributed by atoms with E-state index in [4.69, 9.17) is 5.11 Å².